The lowest BCUT2D eigenvalue weighted by atomic mass is 10.1. The molecule has 1 aromatic heterocycles. The number of fused-ring (bicyclic) bond motifs is 1. The molecule has 0 fully saturated rings. The Morgan fingerprint density at radius 1 is 1.10 bits per heavy atom. The second-order valence-electron chi connectivity index (χ2n) is 4.77. The van der Waals surface area contributed by atoms with Crippen molar-refractivity contribution in [2.24, 2.45) is 0 Å². The number of anilines is 1. The molecule has 2 aromatic carbocycles. The number of nitrogen functional groups attached to an aromatic ring is 1. The van der Waals surface area contributed by atoms with Crippen molar-refractivity contribution in [3.8, 4) is 5.69 Å². The minimum Gasteiger partial charge on any atom is -0.399 e. The molecule has 0 amide bonds. The van der Waals surface area contributed by atoms with Gasteiger partial charge in [0.2, 0.25) is 0 Å². The van der Waals surface area contributed by atoms with Crippen LogP contribution >= 0.6 is 0 Å². The Morgan fingerprint density at radius 3 is 2.50 bits per heavy atom. The van der Waals surface area contributed by atoms with Crippen LogP contribution in [0.4, 0.5) is 10.1 Å². The topological polar surface area (TPSA) is 48.0 Å². The molecule has 0 aliphatic heterocycles. The summed E-state index contributed by atoms with van der Waals surface area (Å²) in [7, 11) is 0. The molecular weight excluding hydrogens is 255 g/mol. The summed E-state index contributed by atoms with van der Waals surface area (Å²) in [5, 5.41) is 1.10. The molecule has 1 heterocycles. The fourth-order valence-corrected chi connectivity index (χ4v) is 2.22. The van der Waals surface area contributed by atoms with Crippen LogP contribution in [0.3, 0.4) is 0 Å². The Labute approximate surface area is 115 Å². The number of benzene rings is 2. The molecule has 3 nitrogen and oxygen atoms in total. The predicted octanol–water partition coefficient (Wildman–Crippen LogP) is 3.02. The number of halogens is 1. The van der Waals surface area contributed by atoms with Crippen molar-refractivity contribution in [1.82, 2.24) is 4.57 Å². The summed E-state index contributed by atoms with van der Waals surface area (Å²) in [6.45, 7) is 1.68. The first-order chi connectivity index (χ1) is 9.56. The fraction of sp³-hybridized carbons (Fsp3) is 0.0625. The molecule has 0 atom stereocenters. The molecule has 3 aromatic rings. The largest absolute Gasteiger partial charge is 0.399 e. The van der Waals surface area contributed by atoms with Gasteiger partial charge in [-0.05, 0) is 60.3 Å². The van der Waals surface area contributed by atoms with Gasteiger partial charge in [0.1, 0.15) is 5.82 Å². The molecule has 0 aliphatic carbocycles. The standard InChI is InChI=1S/C16H13FN2O/c1-10-8-11-6-7-19(13-4-2-12(18)3-5-13)16(20)14(11)9-15(10)17/h2-9H,18H2,1H3. The average molecular weight is 268 g/mol. The highest BCUT2D eigenvalue weighted by Crippen LogP contribution is 2.17. The van der Waals surface area contributed by atoms with E-state index in [4.69, 9.17) is 5.73 Å². The molecule has 2 N–H and O–H groups in total. The lowest BCUT2D eigenvalue weighted by Crippen LogP contribution is -2.17. The van der Waals surface area contributed by atoms with Crippen LogP contribution in [0.1, 0.15) is 5.56 Å². The van der Waals surface area contributed by atoms with E-state index in [1.165, 1.54) is 10.6 Å². The molecule has 0 unspecified atom stereocenters. The Bertz CT molecular complexity index is 851. The van der Waals surface area contributed by atoms with Crippen molar-refractivity contribution >= 4 is 16.5 Å². The molecule has 0 saturated heterocycles. The molecule has 100 valence electrons. The number of hydrogen-bond donors (Lipinski definition) is 1. The molecular formula is C16H13FN2O. The Balaban J connectivity index is 2.28. The van der Waals surface area contributed by atoms with Crippen LogP contribution < -0.4 is 11.3 Å². The lowest BCUT2D eigenvalue weighted by molar-refractivity contribution is 0.620. The summed E-state index contributed by atoms with van der Waals surface area (Å²) < 4.78 is 15.1. The van der Waals surface area contributed by atoms with Gasteiger partial charge in [0.05, 0.1) is 5.39 Å². The van der Waals surface area contributed by atoms with Crippen LogP contribution in [0, 0.1) is 12.7 Å². The van der Waals surface area contributed by atoms with E-state index in [0.29, 0.717) is 22.3 Å². The summed E-state index contributed by atoms with van der Waals surface area (Å²) >= 11 is 0. The van der Waals surface area contributed by atoms with Gasteiger partial charge in [-0.3, -0.25) is 9.36 Å². The van der Waals surface area contributed by atoms with Gasteiger partial charge in [0, 0.05) is 17.6 Å². The zero-order valence-corrected chi connectivity index (χ0v) is 10.9. The van der Waals surface area contributed by atoms with Crippen LogP contribution in [0.2, 0.25) is 0 Å². The van der Waals surface area contributed by atoms with Crippen LogP contribution in [-0.4, -0.2) is 4.57 Å². The summed E-state index contributed by atoms with van der Waals surface area (Å²) in [4.78, 5) is 12.4. The normalized spacial score (nSPS) is 10.9. The van der Waals surface area contributed by atoms with Gasteiger partial charge in [-0.1, -0.05) is 0 Å². The van der Waals surface area contributed by atoms with Gasteiger partial charge < -0.3 is 5.73 Å². The molecule has 0 aliphatic rings. The maximum absolute atomic E-state index is 13.7. The number of aryl methyl sites for hydroxylation is 1. The first-order valence-corrected chi connectivity index (χ1v) is 6.24. The van der Waals surface area contributed by atoms with Crippen LogP contribution in [0.25, 0.3) is 16.5 Å². The molecule has 0 spiro atoms. The monoisotopic (exact) mass is 268 g/mol. The first kappa shape index (κ1) is 12.4. The molecule has 0 radical (unpaired) electrons. The first-order valence-electron chi connectivity index (χ1n) is 6.24. The van der Waals surface area contributed by atoms with E-state index in [9.17, 15) is 9.18 Å². The minimum atomic E-state index is -0.371. The quantitative estimate of drug-likeness (QED) is 0.690. The highest BCUT2D eigenvalue weighted by atomic mass is 19.1. The SMILES string of the molecule is Cc1cc2ccn(-c3ccc(N)cc3)c(=O)c2cc1F. The van der Waals surface area contributed by atoms with Crippen molar-refractivity contribution < 1.29 is 4.39 Å². The van der Waals surface area contributed by atoms with Gasteiger partial charge >= 0.3 is 0 Å². The number of pyridine rings is 1. The van der Waals surface area contributed by atoms with E-state index in [1.807, 2.05) is 0 Å². The lowest BCUT2D eigenvalue weighted by Gasteiger charge is -2.08. The summed E-state index contributed by atoms with van der Waals surface area (Å²) in [6, 6.07) is 11.7. The Morgan fingerprint density at radius 2 is 1.80 bits per heavy atom. The average Bonchev–Trinajstić information content (AvgIpc) is 2.43. The highest BCUT2D eigenvalue weighted by Gasteiger charge is 2.07. The van der Waals surface area contributed by atoms with Crippen LogP contribution in [0.15, 0.2) is 53.5 Å². The third-order valence-electron chi connectivity index (χ3n) is 3.35. The zero-order valence-electron chi connectivity index (χ0n) is 10.9. The maximum atomic E-state index is 13.7. The predicted molar refractivity (Wildman–Crippen MR) is 78.7 cm³/mol. The van der Waals surface area contributed by atoms with E-state index in [0.717, 1.165) is 5.39 Å². The summed E-state index contributed by atoms with van der Waals surface area (Å²) in [5.74, 6) is -0.371. The highest BCUT2D eigenvalue weighted by molar-refractivity contribution is 5.82. The van der Waals surface area contributed by atoms with E-state index in [2.05, 4.69) is 0 Å². The Kier molecular flexibility index (Phi) is 2.79. The van der Waals surface area contributed by atoms with Crippen molar-refractivity contribution in [2.75, 3.05) is 5.73 Å². The molecule has 3 rings (SSSR count). The van der Waals surface area contributed by atoms with Crippen molar-refractivity contribution in [3.63, 3.8) is 0 Å². The molecule has 20 heavy (non-hydrogen) atoms. The number of rotatable bonds is 1. The van der Waals surface area contributed by atoms with E-state index < -0.39 is 0 Å². The van der Waals surface area contributed by atoms with Gasteiger partial charge in [-0.25, -0.2) is 4.39 Å². The molecule has 0 saturated carbocycles. The van der Waals surface area contributed by atoms with Crippen LogP contribution in [0.5, 0.6) is 0 Å². The second kappa shape index (κ2) is 4.49. The minimum absolute atomic E-state index is 0.244. The van der Waals surface area contributed by atoms with Gasteiger partial charge in [0.15, 0.2) is 0 Å². The number of hydrogen-bond acceptors (Lipinski definition) is 2. The summed E-state index contributed by atoms with van der Waals surface area (Å²) in [5.41, 5.74) is 7.25. The third-order valence-corrected chi connectivity index (χ3v) is 3.35. The fourth-order valence-electron chi connectivity index (χ4n) is 2.22. The van der Waals surface area contributed by atoms with E-state index in [-0.39, 0.29) is 11.4 Å². The van der Waals surface area contributed by atoms with Crippen molar-refractivity contribution in [1.29, 1.82) is 0 Å². The molecule has 4 heteroatoms. The Hall–Kier alpha value is -2.62. The molecule has 0 bridgehead atoms. The maximum Gasteiger partial charge on any atom is 0.263 e. The number of aromatic nitrogens is 1. The smallest absolute Gasteiger partial charge is 0.263 e. The summed E-state index contributed by atoms with van der Waals surface area (Å²) in [6.07, 6.45) is 1.69. The van der Waals surface area contributed by atoms with Crippen LogP contribution in [-0.2, 0) is 0 Å². The number of nitrogens with two attached hydrogens (primary N) is 1. The van der Waals surface area contributed by atoms with E-state index >= 15 is 0 Å². The van der Waals surface area contributed by atoms with Crippen molar-refractivity contribution in [2.45, 2.75) is 6.92 Å². The third kappa shape index (κ3) is 1.95. The van der Waals surface area contributed by atoms with Gasteiger partial charge in [-0.15, -0.1) is 0 Å². The number of nitrogens with zero attached hydrogens (tertiary/aromatic N) is 1. The van der Waals surface area contributed by atoms with Gasteiger partial charge in [-0.2, -0.15) is 0 Å². The van der Waals surface area contributed by atoms with E-state index in [1.54, 1.807) is 49.5 Å². The zero-order chi connectivity index (χ0) is 14.3. The second-order valence-corrected chi connectivity index (χ2v) is 4.77. The van der Waals surface area contributed by atoms with Gasteiger partial charge in [0.25, 0.3) is 5.56 Å². The van der Waals surface area contributed by atoms with Crippen molar-refractivity contribution in [3.05, 3.63) is 70.4 Å².